The second-order valence-electron chi connectivity index (χ2n) is 7.91. The van der Waals surface area contributed by atoms with Gasteiger partial charge in [0.2, 0.25) is 0 Å². The minimum absolute atomic E-state index is 0.195. The molecule has 3 heterocycles. The van der Waals surface area contributed by atoms with Crippen molar-refractivity contribution >= 4 is 44.4 Å². The van der Waals surface area contributed by atoms with E-state index < -0.39 is 5.63 Å². The normalized spacial score (nSPS) is 13.8. The first-order valence-corrected chi connectivity index (χ1v) is 11.8. The highest BCUT2D eigenvalue weighted by Crippen LogP contribution is 2.33. The molecular weight excluding hydrogens is 424 g/mol. The van der Waals surface area contributed by atoms with E-state index in [4.69, 9.17) is 4.42 Å². The molecule has 8 heteroatoms. The molecule has 0 unspecified atom stereocenters. The van der Waals surface area contributed by atoms with Crippen LogP contribution in [0.2, 0.25) is 0 Å². The van der Waals surface area contributed by atoms with Crippen LogP contribution in [0.25, 0.3) is 21.2 Å². The Morgan fingerprint density at radius 1 is 1.19 bits per heavy atom. The van der Waals surface area contributed by atoms with Crippen molar-refractivity contribution in [3.05, 3.63) is 67.4 Å². The Bertz CT molecular complexity index is 1460. The Morgan fingerprint density at radius 3 is 2.81 bits per heavy atom. The van der Waals surface area contributed by atoms with Gasteiger partial charge in [-0.05, 0) is 63.3 Å². The zero-order valence-electron chi connectivity index (χ0n) is 18.1. The van der Waals surface area contributed by atoms with Crippen molar-refractivity contribution in [2.24, 2.45) is 5.10 Å². The van der Waals surface area contributed by atoms with Crippen LogP contribution in [-0.4, -0.2) is 29.0 Å². The number of aryl methyl sites for hydroxylation is 2. The molecule has 0 bridgehead atoms. The van der Waals surface area contributed by atoms with Crippen LogP contribution in [0.3, 0.4) is 0 Å². The SMILES string of the molecule is CCN(CC)c1ccc2cc(/C=N/n3cnc4sc5c(c4c3=O)CCCC5)c(=O)oc2c1. The van der Waals surface area contributed by atoms with Gasteiger partial charge >= 0.3 is 5.63 Å². The maximum atomic E-state index is 13.0. The maximum Gasteiger partial charge on any atom is 0.345 e. The van der Waals surface area contributed by atoms with Crippen LogP contribution in [0.15, 0.2) is 49.7 Å². The van der Waals surface area contributed by atoms with Gasteiger partial charge in [-0.15, -0.1) is 11.3 Å². The van der Waals surface area contributed by atoms with Gasteiger partial charge in [-0.1, -0.05) is 0 Å². The number of nitrogens with zero attached hydrogens (tertiary/aromatic N) is 4. The second kappa shape index (κ2) is 8.35. The lowest BCUT2D eigenvalue weighted by Gasteiger charge is -2.20. The van der Waals surface area contributed by atoms with Gasteiger partial charge in [0.1, 0.15) is 16.7 Å². The molecule has 0 radical (unpaired) electrons. The van der Waals surface area contributed by atoms with E-state index in [0.717, 1.165) is 60.2 Å². The van der Waals surface area contributed by atoms with Crippen LogP contribution in [0.5, 0.6) is 0 Å². The monoisotopic (exact) mass is 448 g/mol. The largest absolute Gasteiger partial charge is 0.422 e. The molecule has 0 amide bonds. The number of aromatic nitrogens is 2. The Morgan fingerprint density at radius 2 is 2.00 bits per heavy atom. The number of fused-ring (bicyclic) bond motifs is 4. The second-order valence-corrected chi connectivity index (χ2v) is 9.00. The summed E-state index contributed by atoms with van der Waals surface area (Å²) < 4.78 is 6.75. The van der Waals surface area contributed by atoms with E-state index in [0.29, 0.717) is 11.0 Å². The van der Waals surface area contributed by atoms with Crippen LogP contribution in [0.4, 0.5) is 5.69 Å². The fourth-order valence-electron chi connectivity index (χ4n) is 4.34. The number of rotatable bonds is 5. The van der Waals surface area contributed by atoms with Gasteiger partial charge in [0.15, 0.2) is 0 Å². The quantitative estimate of drug-likeness (QED) is 0.338. The molecule has 0 atom stereocenters. The predicted molar refractivity (Wildman–Crippen MR) is 130 cm³/mol. The summed E-state index contributed by atoms with van der Waals surface area (Å²) in [5.74, 6) is 0. The Labute approximate surface area is 188 Å². The molecule has 0 spiro atoms. The molecule has 164 valence electrons. The third-order valence-electron chi connectivity index (χ3n) is 6.06. The molecule has 0 aliphatic heterocycles. The zero-order chi connectivity index (χ0) is 22.2. The molecule has 0 saturated heterocycles. The third-order valence-corrected chi connectivity index (χ3v) is 7.26. The molecule has 7 nitrogen and oxygen atoms in total. The first-order chi connectivity index (χ1) is 15.6. The first kappa shape index (κ1) is 20.6. The highest BCUT2D eigenvalue weighted by atomic mass is 32.1. The van der Waals surface area contributed by atoms with Crippen molar-refractivity contribution < 1.29 is 4.42 Å². The Kier molecular flexibility index (Phi) is 5.38. The average Bonchev–Trinajstić information content (AvgIpc) is 3.19. The van der Waals surface area contributed by atoms with Crippen molar-refractivity contribution in [2.75, 3.05) is 18.0 Å². The lowest BCUT2D eigenvalue weighted by Crippen LogP contribution is -2.21. The van der Waals surface area contributed by atoms with E-state index >= 15 is 0 Å². The zero-order valence-corrected chi connectivity index (χ0v) is 18.9. The van der Waals surface area contributed by atoms with Crippen molar-refractivity contribution in [2.45, 2.75) is 39.5 Å². The molecule has 1 aliphatic carbocycles. The predicted octanol–water partition coefficient (Wildman–Crippen LogP) is 4.17. The minimum atomic E-state index is -0.493. The number of thiophene rings is 1. The fourth-order valence-corrected chi connectivity index (χ4v) is 5.55. The summed E-state index contributed by atoms with van der Waals surface area (Å²) in [6.07, 6.45) is 6.95. The summed E-state index contributed by atoms with van der Waals surface area (Å²) in [6.45, 7) is 5.92. The van der Waals surface area contributed by atoms with Crippen LogP contribution in [-0.2, 0) is 12.8 Å². The average molecular weight is 449 g/mol. The molecule has 5 rings (SSSR count). The van der Waals surface area contributed by atoms with Crippen molar-refractivity contribution in [3.63, 3.8) is 0 Å². The van der Waals surface area contributed by atoms with E-state index in [1.165, 1.54) is 22.1 Å². The molecule has 0 N–H and O–H groups in total. The van der Waals surface area contributed by atoms with E-state index in [1.807, 2.05) is 18.2 Å². The van der Waals surface area contributed by atoms with Gasteiger partial charge in [0.25, 0.3) is 5.56 Å². The van der Waals surface area contributed by atoms with Crippen LogP contribution in [0, 0.1) is 0 Å². The summed E-state index contributed by atoms with van der Waals surface area (Å²) in [7, 11) is 0. The van der Waals surface area contributed by atoms with Crippen molar-refractivity contribution in [3.8, 4) is 0 Å². The van der Waals surface area contributed by atoms with E-state index in [1.54, 1.807) is 17.4 Å². The van der Waals surface area contributed by atoms with Crippen LogP contribution >= 0.6 is 11.3 Å². The van der Waals surface area contributed by atoms with Gasteiger partial charge < -0.3 is 9.32 Å². The molecular formula is C24H24N4O3S. The number of hydrogen-bond acceptors (Lipinski definition) is 7. The topological polar surface area (TPSA) is 80.7 Å². The summed E-state index contributed by atoms with van der Waals surface area (Å²) in [5, 5.41) is 5.71. The van der Waals surface area contributed by atoms with Crippen LogP contribution < -0.4 is 16.1 Å². The molecule has 3 aromatic heterocycles. The lowest BCUT2D eigenvalue weighted by molar-refractivity contribution is 0.559. The summed E-state index contributed by atoms with van der Waals surface area (Å²) in [5.41, 5.74) is 2.26. The highest BCUT2D eigenvalue weighted by molar-refractivity contribution is 7.18. The smallest absolute Gasteiger partial charge is 0.345 e. The van der Waals surface area contributed by atoms with E-state index in [2.05, 4.69) is 28.8 Å². The fraction of sp³-hybridized carbons (Fsp3) is 0.333. The van der Waals surface area contributed by atoms with Gasteiger partial charge in [-0.25, -0.2) is 9.78 Å². The summed E-state index contributed by atoms with van der Waals surface area (Å²) >= 11 is 1.60. The van der Waals surface area contributed by atoms with Gasteiger partial charge in [-0.3, -0.25) is 4.79 Å². The summed E-state index contributed by atoms with van der Waals surface area (Å²) in [4.78, 5) is 34.2. The van der Waals surface area contributed by atoms with Crippen molar-refractivity contribution in [1.82, 2.24) is 9.66 Å². The number of hydrogen-bond donors (Lipinski definition) is 0. The Hall–Kier alpha value is -3.26. The van der Waals surface area contributed by atoms with Gasteiger partial charge in [-0.2, -0.15) is 9.78 Å². The number of benzene rings is 1. The molecule has 0 fully saturated rings. The summed E-state index contributed by atoms with van der Waals surface area (Å²) in [6, 6.07) is 7.56. The standard InChI is InChI=1S/C24H24N4O3S/c1-3-27(4-2)17-10-9-15-11-16(24(30)31-19(15)12-17)13-26-28-14-25-22-21(23(28)29)18-7-5-6-8-20(18)32-22/h9-14H,3-8H2,1-2H3/b26-13+. The number of anilines is 1. The van der Waals surface area contributed by atoms with E-state index in [9.17, 15) is 9.59 Å². The third kappa shape index (κ3) is 3.54. The Balaban J connectivity index is 1.52. The van der Waals surface area contributed by atoms with Gasteiger partial charge in [0, 0.05) is 35.1 Å². The van der Waals surface area contributed by atoms with Crippen molar-refractivity contribution in [1.29, 1.82) is 0 Å². The van der Waals surface area contributed by atoms with Crippen LogP contribution in [0.1, 0.15) is 42.7 Å². The molecule has 1 aliphatic rings. The molecule has 1 aromatic carbocycles. The van der Waals surface area contributed by atoms with Gasteiger partial charge in [0.05, 0.1) is 17.2 Å². The van der Waals surface area contributed by atoms with E-state index in [-0.39, 0.29) is 11.1 Å². The minimum Gasteiger partial charge on any atom is -0.422 e. The first-order valence-electron chi connectivity index (χ1n) is 11.0. The molecule has 4 aromatic rings. The maximum absolute atomic E-state index is 13.0. The molecule has 0 saturated carbocycles. The highest BCUT2D eigenvalue weighted by Gasteiger charge is 2.20. The molecule has 32 heavy (non-hydrogen) atoms. The lowest BCUT2D eigenvalue weighted by atomic mass is 9.97.